The van der Waals surface area contributed by atoms with Crippen LogP contribution in [-0.2, 0) is 6.54 Å². The molecule has 1 aromatic heterocycles. The van der Waals surface area contributed by atoms with Crippen molar-refractivity contribution in [2.24, 2.45) is 0 Å². The third-order valence-corrected chi connectivity index (χ3v) is 3.30. The zero-order valence-corrected chi connectivity index (χ0v) is 13.5. The molecule has 5 nitrogen and oxygen atoms in total. The quantitative estimate of drug-likeness (QED) is 0.729. The second kappa shape index (κ2) is 8.22. The summed E-state index contributed by atoms with van der Waals surface area (Å²) in [5.41, 5.74) is 2.11. The van der Waals surface area contributed by atoms with Crippen molar-refractivity contribution in [2.75, 3.05) is 24.3 Å². The lowest BCUT2D eigenvalue weighted by Gasteiger charge is -2.10. The van der Waals surface area contributed by atoms with Crippen LogP contribution in [0.2, 0.25) is 0 Å². The number of unbranched alkanes of at least 4 members (excludes halogenated alkanes) is 1. The smallest absolute Gasteiger partial charge is 0.225 e. The molecule has 0 saturated carbocycles. The van der Waals surface area contributed by atoms with Gasteiger partial charge in [0.15, 0.2) is 0 Å². The number of hydrogen-bond donors (Lipinski definition) is 2. The first-order valence-electron chi connectivity index (χ1n) is 7.67. The number of ether oxygens (including phenoxy) is 1. The lowest BCUT2D eigenvalue weighted by atomic mass is 10.2. The van der Waals surface area contributed by atoms with E-state index in [0.29, 0.717) is 12.5 Å². The van der Waals surface area contributed by atoms with E-state index < -0.39 is 0 Å². The van der Waals surface area contributed by atoms with Crippen LogP contribution in [0.3, 0.4) is 0 Å². The summed E-state index contributed by atoms with van der Waals surface area (Å²) in [7, 11) is 1.67. The molecule has 22 heavy (non-hydrogen) atoms. The maximum Gasteiger partial charge on any atom is 0.225 e. The van der Waals surface area contributed by atoms with Crippen LogP contribution >= 0.6 is 0 Å². The first-order valence-corrected chi connectivity index (χ1v) is 7.67. The van der Waals surface area contributed by atoms with Crippen LogP contribution in [0.4, 0.5) is 11.8 Å². The highest BCUT2D eigenvalue weighted by molar-refractivity contribution is 5.42. The van der Waals surface area contributed by atoms with Crippen molar-refractivity contribution in [3.05, 3.63) is 41.6 Å². The Labute approximate surface area is 132 Å². The van der Waals surface area contributed by atoms with Gasteiger partial charge < -0.3 is 15.4 Å². The normalized spacial score (nSPS) is 10.3. The predicted molar refractivity (Wildman–Crippen MR) is 90.5 cm³/mol. The van der Waals surface area contributed by atoms with Crippen LogP contribution in [-0.4, -0.2) is 23.6 Å². The van der Waals surface area contributed by atoms with Gasteiger partial charge in [-0.05, 0) is 31.0 Å². The van der Waals surface area contributed by atoms with Gasteiger partial charge in [-0.3, -0.25) is 0 Å². The van der Waals surface area contributed by atoms with Crippen molar-refractivity contribution in [3.63, 3.8) is 0 Å². The molecule has 1 aromatic carbocycles. The molecule has 2 aromatic rings. The molecule has 5 heteroatoms. The molecule has 0 spiro atoms. The third kappa shape index (κ3) is 4.91. The molecular weight excluding hydrogens is 276 g/mol. The zero-order chi connectivity index (χ0) is 15.8. The fraction of sp³-hybridized carbons (Fsp3) is 0.412. The summed E-state index contributed by atoms with van der Waals surface area (Å²) in [6.45, 7) is 5.77. The predicted octanol–water partition coefficient (Wildman–Crippen LogP) is 3.62. The van der Waals surface area contributed by atoms with Gasteiger partial charge in [0.25, 0.3) is 0 Å². The van der Waals surface area contributed by atoms with Crippen molar-refractivity contribution in [1.29, 1.82) is 0 Å². The van der Waals surface area contributed by atoms with Crippen molar-refractivity contribution in [2.45, 2.75) is 33.2 Å². The highest BCUT2D eigenvalue weighted by Crippen LogP contribution is 2.14. The lowest BCUT2D eigenvalue weighted by Crippen LogP contribution is -2.08. The number of aryl methyl sites for hydroxylation is 1. The molecule has 2 rings (SSSR count). The molecule has 0 saturated heterocycles. The summed E-state index contributed by atoms with van der Waals surface area (Å²) in [6.07, 6.45) is 2.30. The maximum atomic E-state index is 5.16. The Kier molecular flexibility index (Phi) is 6.01. The average molecular weight is 300 g/mol. The molecule has 2 N–H and O–H groups in total. The van der Waals surface area contributed by atoms with Gasteiger partial charge in [0, 0.05) is 24.8 Å². The number of rotatable bonds is 8. The van der Waals surface area contributed by atoms with E-state index in [1.165, 1.54) is 6.42 Å². The van der Waals surface area contributed by atoms with Gasteiger partial charge in [0.1, 0.15) is 11.6 Å². The molecule has 118 valence electrons. The topological polar surface area (TPSA) is 59.1 Å². The number of aromatic nitrogens is 2. The second-order valence-corrected chi connectivity index (χ2v) is 5.20. The minimum absolute atomic E-state index is 0.648. The second-order valence-electron chi connectivity index (χ2n) is 5.20. The molecule has 0 atom stereocenters. The Morgan fingerprint density at radius 2 is 1.86 bits per heavy atom. The Morgan fingerprint density at radius 3 is 2.55 bits per heavy atom. The molecule has 1 heterocycles. The first-order chi connectivity index (χ1) is 10.7. The Balaban J connectivity index is 1.96. The SMILES string of the molecule is CCCCNc1cc(C)nc(NCc2ccc(OC)cc2)n1. The van der Waals surface area contributed by atoms with Gasteiger partial charge in [-0.25, -0.2) is 4.98 Å². The van der Waals surface area contributed by atoms with E-state index in [-0.39, 0.29) is 0 Å². The molecule has 0 aliphatic carbocycles. The average Bonchev–Trinajstić information content (AvgIpc) is 2.53. The van der Waals surface area contributed by atoms with E-state index >= 15 is 0 Å². The van der Waals surface area contributed by atoms with Crippen molar-refractivity contribution < 1.29 is 4.74 Å². The van der Waals surface area contributed by atoms with Crippen molar-refractivity contribution in [3.8, 4) is 5.75 Å². The van der Waals surface area contributed by atoms with Gasteiger partial charge in [-0.15, -0.1) is 0 Å². The molecule has 0 amide bonds. The fourth-order valence-electron chi connectivity index (χ4n) is 2.06. The van der Waals surface area contributed by atoms with E-state index in [1.807, 2.05) is 37.3 Å². The summed E-state index contributed by atoms with van der Waals surface area (Å²) in [5.74, 6) is 2.38. The highest BCUT2D eigenvalue weighted by Gasteiger charge is 2.02. The number of benzene rings is 1. The molecule has 0 fully saturated rings. The minimum atomic E-state index is 0.648. The standard InChI is InChI=1S/C17H24N4O/c1-4-5-10-18-16-11-13(2)20-17(21-16)19-12-14-6-8-15(22-3)9-7-14/h6-9,11H,4-5,10,12H2,1-3H3,(H2,18,19,20,21). The summed E-state index contributed by atoms with van der Waals surface area (Å²) >= 11 is 0. The fourth-order valence-corrected chi connectivity index (χ4v) is 2.06. The van der Waals surface area contributed by atoms with Gasteiger partial charge in [0.05, 0.1) is 7.11 Å². The van der Waals surface area contributed by atoms with E-state index in [9.17, 15) is 0 Å². The van der Waals surface area contributed by atoms with Crippen LogP contribution in [0, 0.1) is 6.92 Å². The summed E-state index contributed by atoms with van der Waals surface area (Å²) in [6, 6.07) is 9.93. The summed E-state index contributed by atoms with van der Waals surface area (Å²) in [5, 5.41) is 6.60. The van der Waals surface area contributed by atoms with Crippen LogP contribution in [0.15, 0.2) is 30.3 Å². The summed E-state index contributed by atoms with van der Waals surface area (Å²) < 4.78 is 5.16. The molecule has 0 bridgehead atoms. The van der Waals surface area contributed by atoms with Crippen LogP contribution in [0.5, 0.6) is 5.75 Å². The van der Waals surface area contributed by atoms with Crippen molar-refractivity contribution in [1.82, 2.24) is 9.97 Å². The number of anilines is 2. The van der Waals surface area contributed by atoms with E-state index in [1.54, 1.807) is 7.11 Å². The van der Waals surface area contributed by atoms with Crippen molar-refractivity contribution >= 4 is 11.8 Å². The van der Waals surface area contributed by atoms with Crippen LogP contribution < -0.4 is 15.4 Å². The maximum absolute atomic E-state index is 5.16. The number of methoxy groups -OCH3 is 1. The zero-order valence-electron chi connectivity index (χ0n) is 13.5. The molecule has 0 aliphatic rings. The number of nitrogens with one attached hydrogen (secondary N) is 2. The van der Waals surface area contributed by atoms with Gasteiger partial charge in [0.2, 0.25) is 5.95 Å². The minimum Gasteiger partial charge on any atom is -0.497 e. The van der Waals surface area contributed by atoms with Gasteiger partial charge in [-0.1, -0.05) is 25.5 Å². The Hall–Kier alpha value is -2.30. The van der Waals surface area contributed by atoms with E-state index in [4.69, 9.17) is 4.74 Å². The largest absolute Gasteiger partial charge is 0.497 e. The molecule has 0 unspecified atom stereocenters. The monoisotopic (exact) mass is 300 g/mol. The Bertz CT molecular complexity index is 584. The molecular formula is C17H24N4O. The number of nitrogens with zero attached hydrogens (tertiary/aromatic N) is 2. The first kappa shape index (κ1) is 16.1. The molecule has 0 aliphatic heterocycles. The summed E-state index contributed by atoms with van der Waals surface area (Å²) in [4.78, 5) is 8.92. The number of hydrogen-bond acceptors (Lipinski definition) is 5. The third-order valence-electron chi connectivity index (χ3n) is 3.30. The van der Waals surface area contributed by atoms with Gasteiger partial charge in [-0.2, -0.15) is 4.98 Å². The van der Waals surface area contributed by atoms with Gasteiger partial charge >= 0.3 is 0 Å². The molecule has 0 radical (unpaired) electrons. The van der Waals surface area contributed by atoms with Crippen LogP contribution in [0.1, 0.15) is 31.0 Å². The highest BCUT2D eigenvalue weighted by atomic mass is 16.5. The van der Waals surface area contributed by atoms with E-state index in [0.717, 1.165) is 35.8 Å². The Morgan fingerprint density at radius 1 is 1.09 bits per heavy atom. The van der Waals surface area contributed by atoms with E-state index in [2.05, 4.69) is 27.5 Å². The van der Waals surface area contributed by atoms with Crippen LogP contribution in [0.25, 0.3) is 0 Å². The lowest BCUT2D eigenvalue weighted by molar-refractivity contribution is 0.414.